The number of thiazole rings is 1. The van der Waals surface area contributed by atoms with E-state index in [0.717, 1.165) is 0 Å². The SMILES string of the molecule is COC(=O)c1cc(NC(=O)Cc2csc(COc3ccc(Cl)cc3)n2)cc(C(=O)OC)c1. The Hall–Kier alpha value is -3.43. The van der Waals surface area contributed by atoms with E-state index in [1.807, 2.05) is 0 Å². The fourth-order valence-corrected chi connectivity index (χ4v) is 3.54. The number of carbonyl (C=O) groups is 3. The Labute approximate surface area is 193 Å². The van der Waals surface area contributed by atoms with Crippen LogP contribution < -0.4 is 10.1 Å². The molecule has 3 aromatic rings. The number of methoxy groups -OCH3 is 2. The molecule has 1 aromatic heterocycles. The lowest BCUT2D eigenvalue weighted by molar-refractivity contribution is -0.115. The van der Waals surface area contributed by atoms with Crippen molar-refractivity contribution in [2.75, 3.05) is 19.5 Å². The van der Waals surface area contributed by atoms with Gasteiger partial charge in [-0.1, -0.05) is 11.6 Å². The van der Waals surface area contributed by atoms with E-state index in [2.05, 4.69) is 10.3 Å². The number of benzene rings is 2. The Balaban J connectivity index is 1.63. The standard InChI is InChI=1S/C22H19ClN2O6S/c1-29-21(27)13-7-14(22(28)30-2)9-16(8-13)24-19(26)10-17-12-32-20(25-17)11-31-18-5-3-15(23)4-6-18/h3-9,12H,10-11H2,1-2H3,(H,24,26). The molecule has 0 atom stereocenters. The van der Waals surface area contributed by atoms with Crippen LogP contribution in [0.4, 0.5) is 5.69 Å². The Morgan fingerprint density at radius 1 is 1.00 bits per heavy atom. The molecule has 0 radical (unpaired) electrons. The second kappa shape index (κ2) is 10.7. The van der Waals surface area contributed by atoms with Gasteiger partial charge >= 0.3 is 11.9 Å². The van der Waals surface area contributed by atoms with Crippen LogP contribution in [0.2, 0.25) is 5.02 Å². The molecule has 10 heteroatoms. The number of hydrogen-bond acceptors (Lipinski definition) is 8. The third-order valence-corrected chi connectivity index (χ3v) is 5.30. The number of ether oxygens (including phenoxy) is 3. The minimum Gasteiger partial charge on any atom is -0.486 e. The molecule has 0 saturated carbocycles. The summed E-state index contributed by atoms with van der Waals surface area (Å²) in [4.78, 5) is 40.6. The topological polar surface area (TPSA) is 104 Å². The van der Waals surface area contributed by atoms with Crippen LogP contribution in [0.15, 0.2) is 47.8 Å². The number of aromatic nitrogens is 1. The number of rotatable bonds is 8. The molecule has 0 fully saturated rings. The zero-order valence-corrected chi connectivity index (χ0v) is 18.8. The molecule has 3 rings (SSSR count). The van der Waals surface area contributed by atoms with Crippen LogP contribution >= 0.6 is 22.9 Å². The van der Waals surface area contributed by atoms with Gasteiger partial charge < -0.3 is 19.5 Å². The van der Waals surface area contributed by atoms with Crippen LogP contribution in [0.25, 0.3) is 0 Å². The van der Waals surface area contributed by atoms with Gasteiger partial charge in [-0.25, -0.2) is 14.6 Å². The minimum absolute atomic E-state index is 0.00740. The zero-order chi connectivity index (χ0) is 23.1. The van der Waals surface area contributed by atoms with Gasteiger partial charge in [-0.05, 0) is 42.5 Å². The first-order valence-corrected chi connectivity index (χ1v) is 10.6. The smallest absolute Gasteiger partial charge is 0.337 e. The highest BCUT2D eigenvalue weighted by Gasteiger charge is 2.16. The summed E-state index contributed by atoms with van der Waals surface area (Å²) in [6.45, 7) is 0.261. The molecule has 0 saturated heterocycles. The van der Waals surface area contributed by atoms with E-state index in [0.29, 0.717) is 21.5 Å². The molecule has 1 amide bonds. The minimum atomic E-state index is -0.643. The van der Waals surface area contributed by atoms with E-state index in [-0.39, 0.29) is 35.7 Å². The molecule has 0 spiro atoms. The fourth-order valence-electron chi connectivity index (χ4n) is 2.71. The highest BCUT2D eigenvalue weighted by molar-refractivity contribution is 7.09. The predicted octanol–water partition coefficient (Wildman–Crippen LogP) is 4.13. The van der Waals surface area contributed by atoms with Gasteiger partial charge in [0.25, 0.3) is 0 Å². The van der Waals surface area contributed by atoms with Crippen LogP contribution in [0, 0.1) is 0 Å². The number of amides is 1. The first kappa shape index (κ1) is 23.2. The zero-order valence-electron chi connectivity index (χ0n) is 17.2. The lowest BCUT2D eigenvalue weighted by Gasteiger charge is -2.09. The molecule has 166 valence electrons. The normalized spacial score (nSPS) is 10.3. The van der Waals surface area contributed by atoms with Crippen molar-refractivity contribution in [3.63, 3.8) is 0 Å². The van der Waals surface area contributed by atoms with Gasteiger partial charge in [0.1, 0.15) is 17.4 Å². The van der Waals surface area contributed by atoms with E-state index in [1.165, 1.54) is 43.8 Å². The Morgan fingerprint density at radius 3 is 2.22 bits per heavy atom. The largest absolute Gasteiger partial charge is 0.486 e. The summed E-state index contributed by atoms with van der Waals surface area (Å²) in [6.07, 6.45) is 0.00740. The van der Waals surface area contributed by atoms with Gasteiger partial charge in [-0.2, -0.15) is 0 Å². The summed E-state index contributed by atoms with van der Waals surface area (Å²) < 4.78 is 15.0. The lowest BCUT2D eigenvalue weighted by Crippen LogP contribution is -2.16. The maximum absolute atomic E-state index is 12.5. The Bertz CT molecular complexity index is 1100. The summed E-state index contributed by atoms with van der Waals surface area (Å²) in [5, 5.41) is 5.77. The number of esters is 2. The monoisotopic (exact) mass is 474 g/mol. The van der Waals surface area contributed by atoms with Crippen LogP contribution in [0.3, 0.4) is 0 Å². The Morgan fingerprint density at radius 2 is 1.62 bits per heavy atom. The van der Waals surface area contributed by atoms with Gasteiger partial charge in [-0.3, -0.25) is 4.79 Å². The molecule has 0 unspecified atom stereocenters. The lowest BCUT2D eigenvalue weighted by atomic mass is 10.1. The number of hydrogen-bond donors (Lipinski definition) is 1. The van der Waals surface area contributed by atoms with Gasteiger partial charge in [0.2, 0.25) is 5.91 Å². The number of halogens is 1. The molecular formula is C22H19ClN2O6S. The highest BCUT2D eigenvalue weighted by atomic mass is 35.5. The van der Waals surface area contributed by atoms with Crippen molar-refractivity contribution in [1.82, 2.24) is 4.98 Å². The van der Waals surface area contributed by atoms with Crippen molar-refractivity contribution in [1.29, 1.82) is 0 Å². The first-order chi connectivity index (χ1) is 15.4. The van der Waals surface area contributed by atoms with Crippen molar-refractivity contribution in [2.45, 2.75) is 13.0 Å². The molecule has 2 aromatic carbocycles. The summed E-state index contributed by atoms with van der Waals surface area (Å²) in [5.74, 6) is -0.985. The maximum Gasteiger partial charge on any atom is 0.337 e. The van der Waals surface area contributed by atoms with Gasteiger partial charge in [-0.15, -0.1) is 11.3 Å². The second-order valence-electron chi connectivity index (χ2n) is 6.48. The predicted molar refractivity (Wildman–Crippen MR) is 119 cm³/mol. The van der Waals surface area contributed by atoms with E-state index >= 15 is 0 Å². The van der Waals surface area contributed by atoms with E-state index in [9.17, 15) is 14.4 Å². The van der Waals surface area contributed by atoms with Crippen molar-refractivity contribution in [3.05, 3.63) is 74.7 Å². The molecule has 0 aliphatic rings. The molecular weight excluding hydrogens is 456 g/mol. The van der Waals surface area contributed by atoms with Crippen LogP contribution in [-0.2, 0) is 27.3 Å². The third kappa shape index (κ3) is 6.29. The average Bonchev–Trinajstić information content (AvgIpc) is 3.24. The number of nitrogens with zero attached hydrogens (tertiary/aromatic N) is 1. The van der Waals surface area contributed by atoms with E-state index in [1.54, 1.807) is 29.6 Å². The summed E-state index contributed by atoms with van der Waals surface area (Å²) in [7, 11) is 2.45. The highest BCUT2D eigenvalue weighted by Crippen LogP contribution is 2.20. The molecule has 1 heterocycles. The van der Waals surface area contributed by atoms with E-state index in [4.69, 9.17) is 25.8 Å². The quantitative estimate of drug-likeness (QED) is 0.489. The summed E-state index contributed by atoms with van der Waals surface area (Å²) in [6, 6.07) is 11.2. The van der Waals surface area contributed by atoms with Crippen molar-refractivity contribution < 1.29 is 28.6 Å². The number of carbonyl (C=O) groups excluding carboxylic acids is 3. The second-order valence-corrected chi connectivity index (χ2v) is 7.86. The third-order valence-electron chi connectivity index (χ3n) is 4.18. The summed E-state index contributed by atoms with van der Waals surface area (Å²) >= 11 is 7.23. The van der Waals surface area contributed by atoms with Gasteiger partial charge in [0, 0.05) is 16.1 Å². The molecule has 8 nitrogen and oxygen atoms in total. The average molecular weight is 475 g/mol. The molecule has 32 heavy (non-hydrogen) atoms. The van der Waals surface area contributed by atoms with Crippen LogP contribution in [0.5, 0.6) is 5.75 Å². The molecule has 0 aliphatic heterocycles. The number of nitrogens with one attached hydrogen (secondary N) is 1. The van der Waals surface area contributed by atoms with Crippen LogP contribution in [-0.4, -0.2) is 37.0 Å². The van der Waals surface area contributed by atoms with E-state index < -0.39 is 11.9 Å². The molecule has 1 N–H and O–H groups in total. The molecule has 0 bridgehead atoms. The first-order valence-electron chi connectivity index (χ1n) is 9.31. The van der Waals surface area contributed by atoms with Crippen molar-refractivity contribution in [2.24, 2.45) is 0 Å². The van der Waals surface area contributed by atoms with Gasteiger partial charge in [0.15, 0.2) is 0 Å². The van der Waals surface area contributed by atoms with Gasteiger partial charge in [0.05, 0.1) is 37.5 Å². The van der Waals surface area contributed by atoms with Crippen molar-refractivity contribution >= 4 is 46.5 Å². The van der Waals surface area contributed by atoms with Crippen molar-refractivity contribution in [3.8, 4) is 5.75 Å². The van der Waals surface area contributed by atoms with Crippen LogP contribution in [0.1, 0.15) is 31.4 Å². The number of anilines is 1. The summed E-state index contributed by atoms with van der Waals surface area (Å²) in [5.41, 5.74) is 1.06. The fraction of sp³-hybridized carbons (Fsp3) is 0.182. The Kier molecular flexibility index (Phi) is 7.80. The maximum atomic E-state index is 12.5. The molecule has 0 aliphatic carbocycles.